The van der Waals surface area contributed by atoms with E-state index in [9.17, 15) is 9.59 Å². The van der Waals surface area contributed by atoms with E-state index in [4.69, 9.17) is 4.74 Å². The molecule has 0 saturated heterocycles. The smallest absolute Gasteiger partial charge is 0.307 e. The van der Waals surface area contributed by atoms with Crippen molar-refractivity contribution < 1.29 is 14.3 Å². The van der Waals surface area contributed by atoms with Crippen molar-refractivity contribution in [3.63, 3.8) is 0 Å². The third-order valence-corrected chi connectivity index (χ3v) is 5.08. The first-order valence-corrected chi connectivity index (χ1v) is 8.64. The Bertz CT molecular complexity index is 710. The van der Waals surface area contributed by atoms with Crippen molar-refractivity contribution in [2.75, 3.05) is 7.11 Å². The van der Waals surface area contributed by atoms with Crippen molar-refractivity contribution in [1.82, 2.24) is 10.3 Å². The maximum atomic E-state index is 12.7. The van der Waals surface area contributed by atoms with Gasteiger partial charge in [-0.15, -0.1) is 11.3 Å². The number of carbonyl (C=O) groups is 2. The van der Waals surface area contributed by atoms with Gasteiger partial charge in [-0.2, -0.15) is 0 Å². The Balaban J connectivity index is 2.22. The van der Waals surface area contributed by atoms with Crippen molar-refractivity contribution in [2.45, 2.75) is 39.2 Å². The van der Waals surface area contributed by atoms with Gasteiger partial charge in [0.25, 0.3) is 5.91 Å². The van der Waals surface area contributed by atoms with Gasteiger partial charge < -0.3 is 10.1 Å². The fourth-order valence-electron chi connectivity index (χ4n) is 2.29. The van der Waals surface area contributed by atoms with Crippen LogP contribution in [0, 0.1) is 6.92 Å². The Hall–Kier alpha value is -2.21. The van der Waals surface area contributed by atoms with Gasteiger partial charge in [-0.05, 0) is 12.5 Å². The second-order valence-corrected chi connectivity index (χ2v) is 6.87. The van der Waals surface area contributed by atoms with Gasteiger partial charge in [-0.3, -0.25) is 9.59 Å². The van der Waals surface area contributed by atoms with Crippen LogP contribution in [0.4, 0.5) is 0 Å². The molecule has 0 spiro atoms. The summed E-state index contributed by atoms with van der Waals surface area (Å²) in [6.07, 6.45) is 0.0845. The van der Waals surface area contributed by atoms with Gasteiger partial charge in [-0.25, -0.2) is 4.98 Å². The third-order valence-electron chi connectivity index (χ3n) is 3.62. The summed E-state index contributed by atoms with van der Waals surface area (Å²) in [5.41, 5.74) is 1.58. The van der Waals surface area contributed by atoms with Crippen molar-refractivity contribution in [2.24, 2.45) is 0 Å². The lowest BCUT2D eigenvalue weighted by atomic mass is 10.0. The number of nitrogens with zero attached hydrogens (tertiary/aromatic N) is 1. The molecule has 0 radical (unpaired) electrons. The summed E-state index contributed by atoms with van der Waals surface area (Å²) in [6.45, 7) is 5.92. The number of methoxy groups -OCH3 is 1. The molecule has 0 aliphatic rings. The molecule has 6 heteroatoms. The van der Waals surface area contributed by atoms with Crippen LogP contribution in [-0.4, -0.2) is 24.0 Å². The van der Waals surface area contributed by atoms with Gasteiger partial charge in [0.1, 0.15) is 4.88 Å². The maximum absolute atomic E-state index is 12.7. The number of rotatable bonds is 6. The molecule has 0 fully saturated rings. The Kier molecular flexibility index (Phi) is 6.09. The number of aryl methyl sites for hydroxylation is 1. The van der Waals surface area contributed by atoms with Crippen LogP contribution in [0.15, 0.2) is 30.3 Å². The number of aromatic nitrogens is 1. The lowest BCUT2D eigenvalue weighted by molar-refractivity contribution is -0.141. The van der Waals surface area contributed by atoms with Gasteiger partial charge in [0.15, 0.2) is 0 Å². The van der Waals surface area contributed by atoms with Crippen LogP contribution in [0.2, 0.25) is 0 Å². The van der Waals surface area contributed by atoms with Crippen molar-refractivity contribution in [3.05, 3.63) is 51.5 Å². The van der Waals surface area contributed by atoms with Crippen LogP contribution in [0.3, 0.4) is 0 Å². The van der Waals surface area contributed by atoms with E-state index < -0.39 is 6.04 Å². The number of benzene rings is 1. The molecule has 1 aromatic heterocycles. The monoisotopic (exact) mass is 346 g/mol. The normalized spacial score (nSPS) is 12.0. The molecular formula is C18H22N2O3S. The quantitative estimate of drug-likeness (QED) is 0.811. The van der Waals surface area contributed by atoms with E-state index in [2.05, 4.69) is 10.3 Å². The summed E-state index contributed by atoms with van der Waals surface area (Å²) in [4.78, 5) is 29.4. The fraction of sp³-hybridized carbons (Fsp3) is 0.389. The first-order valence-electron chi connectivity index (χ1n) is 7.82. The number of esters is 1. The van der Waals surface area contributed by atoms with Gasteiger partial charge >= 0.3 is 5.97 Å². The van der Waals surface area contributed by atoms with Crippen molar-refractivity contribution >= 4 is 23.2 Å². The zero-order chi connectivity index (χ0) is 17.7. The van der Waals surface area contributed by atoms with E-state index in [0.29, 0.717) is 10.6 Å². The minimum atomic E-state index is -0.435. The standard InChI is InChI=1S/C18H22N2O3S/c1-11(2)18-19-12(3)16(24-18)17(22)20-14(10-15(21)23-4)13-8-6-5-7-9-13/h5-9,11,14H,10H2,1-4H3,(H,20,22). The third kappa shape index (κ3) is 4.41. The summed E-state index contributed by atoms with van der Waals surface area (Å²) in [5, 5.41) is 3.87. The predicted octanol–water partition coefficient (Wildman–Crippen LogP) is 3.61. The van der Waals surface area contributed by atoms with Crippen LogP contribution >= 0.6 is 11.3 Å². The topological polar surface area (TPSA) is 68.3 Å². The lowest BCUT2D eigenvalue weighted by Crippen LogP contribution is -2.30. The Morgan fingerprint density at radius 3 is 2.46 bits per heavy atom. The molecule has 0 aliphatic heterocycles. The molecule has 0 bridgehead atoms. The van der Waals surface area contributed by atoms with Crippen LogP contribution in [0.5, 0.6) is 0 Å². The summed E-state index contributed by atoms with van der Waals surface area (Å²) < 4.78 is 4.75. The molecule has 1 atom stereocenters. The SMILES string of the molecule is COC(=O)CC(NC(=O)c1sc(C(C)C)nc1C)c1ccccc1. The van der Waals surface area contributed by atoms with E-state index in [1.807, 2.05) is 51.1 Å². The number of nitrogens with one attached hydrogen (secondary N) is 1. The van der Waals surface area contributed by atoms with Crippen molar-refractivity contribution in [1.29, 1.82) is 0 Å². The van der Waals surface area contributed by atoms with Gasteiger partial charge in [-0.1, -0.05) is 44.2 Å². The van der Waals surface area contributed by atoms with E-state index in [1.165, 1.54) is 18.4 Å². The van der Waals surface area contributed by atoms with Crippen LogP contribution in [-0.2, 0) is 9.53 Å². The molecule has 1 unspecified atom stereocenters. The maximum Gasteiger partial charge on any atom is 0.307 e. The molecule has 128 valence electrons. The molecule has 0 saturated carbocycles. The Morgan fingerprint density at radius 1 is 1.25 bits per heavy atom. The van der Waals surface area contributed by atoms with Gasteiger partial charge in [0.05, 0.1) is 30.3 Å². The number of amides is 1. The molecule has 1 amide bonds. The number of carbonyl (C=O) groups excluding carboxylic acids is 2. The summed E-state index contributed by atoms with van der Waals surface area (Å²) >= 11 is 1.40. The highest BCUT2D eigenvalue weighted by Crippen LogP contribution is 2.26. The minimum Gasteiger partial charge on any atom is -0.469 e. The highest BCUT2D eigenvalue weighted by Gasteiger charge is 2.23. The first-order chi connectivity index (χ1) is 11.4. The van der Waals surface area contributed by atoms with Crippen molar-refractivity contribution in [3.8, 4) is 0 Å². The Labute approximate surface area is 146 Å². The molecule has 5 nitrogen and oxygen atoms in total. The number of hydrogen-bond donors (Lipinski definition) is 1. The number of thiazole rings is 1. The summed E-state index contributed by atoms with van der Waals surface area (Å²) in [7, 11) is 1.34. The molecule has 1 aromatic carbocycles. The second kappa shape index (κ2) is 8.06. The van der Waals surface area contributed by atoms with Crippen LogP contribution < -0.4 is 5.32 Å². The summed E-state index contributed by atoms with van der Waals surface area (Å²) in [5.74, 6) is -0.307. The second-order valence-electron chi connectivity index (χ2n) is 5.84. The number of hydrogen-bond acceptors (Lipinski definition) is 5. The summed E-state index contributed by atoms with van der Waals surface area (Å²) in [6, 6.07) is 8.97. The molecule has 2 rings (SSSR count). The Morgan fingerprint density at radius 2 is 1.92 bits per heavy atom. The molecule has 0 aliphatic carbocycles. The molecule has 1 heterocycles. The molecule has 2 aromatic rings. The lowest BCUT2D eigenvalue weighted by Gasteiger charge is -2.18. The fourth-order valence-corrected chi connectivity index (χ4v) is 3.26. The van der Waals surface area contributed by atoms with Gasteiger partial charge in [0.2, 0.25) is 0 Å². The van der Waals surface area contributed by atoms with Crippen LogP contribution in [0.25, 0.3) is 0 Å². The molecular weight excluding hydrogens is 324 g/mol. The van der Waals surface area contributed by atoms with E-state index in [1.54, 1.807) is 0 Å². The predicted molar refractivity (Wildman–Crippen MR) is 94.2 cm³/mol. The molecule has 1 N–H and O–H groups in total. The zero-order valence-electron chi connectivity index (χ0n) is 14.3. The first kappa shape index (κ1) is 18.1. The average Bonchev–Trinajstić information content (AvgIpc) is 2.97. The average molecular weight is 346 g/mol. The minimum absolute atomic E-state index is 0.0845. The largest absolute Gasteiger partial charge is 0.469 e. The highest BCUT2D eigenvalue weighted by atomic mass is 32.1. The highest BCUT2D eigenvalue weighted by molar-refractivity contribution is 7.13. The molecule has 24 heavy (non-hydrogen) atoms. The van der Waals surface area contributed by atoms with Gasteiger partial charge in [0, 0.05) is 5.92 Å². The zero-order valence-corrected chi connectivity index (χ0v) is 15.1. The van der Waals surface area contributed by atoms with E-state index in [-0.39, 0.29) is 24.2 Å². The van der Waals surface area contributed by atoms with E-state index in [0.717, 1.165) is 10.6 Å². The van der Waals surface area contributed by atoms with Crippen LogP contribution in [0.1, 0.15) is 58.2 Å². The van der Waals surface area contributed by atoms with E-state index >= 15 is 0 Å². The number of ether oxygens (including phenoxy) is 1.